The van der Waals surface area contributed by atoms with Crippen molar-refractivity contribution in [3.8, 4) is 5.69 Å². The molecular formula is C20H23N3O. The summed E-state index contributed by atoms with van der Waals surface area (Å²) in [6.45, 7) is 2.19. The molecule has 0 saturated heterocycles. The SMILES string of the molecule is CC(CCc1nc(=O)c2ccccc2n1-c1ccccc1)N(C)C. The van der Waals surface area contributed by atoms with E-state index in [1.54, 1.807) is 0 Å². The summed E-state index contributed by atoms with van der Waals surface area (Å²) in [4.78, 5) is 19.0. The van der Waals surface area contributed by atoms with Crippen molar-refractivity contribution < 1.29 is 0 Å². The van der Waals surface area contributed by atoms with Crippen molar-refractivity contribution in [1.82, 2.24) is 14.5 Å². The number of hydrogen-bond donors (Lipinski definition) is 0. The summed E-state index contributed by atoms with van der Waals surface area (Å²) in [7, 11) is 4.14. The Kier molecular flexibility index (Phi) is 4.76. The molecule has 1 atom stereocenters. The van der Waals surface area contributed by atoms with Crippen LogP contribution in [0.2, 0.25) is 0 Å². The molecule has 0 radical (unpaired) electrons. The molecule has 3 rings (SSSR count). The van der Waals surface area contributed by atoms with E-state index in [4.69, 9.17) is 0 Å². The van der Waals surface area contributed by atoms with E-state index in [2.05, 4.69) is 47.6 Å². The molecule has 0 aliphatic carbocycles. The Balaban J connectivity index is 2.15. The minimum atomic E-state index is -0.148. The number of aromatic nitrogens is 2. The summed E-state index contributed by atoms with van der Waals surface area (Å²) in [5.74, 6) is 0.818. The van der Waals surface area contributed by atoms with Crippen molar-refractivity contribution in [1.29, 1.82) is 0 Å². The molecule has 3 aromatic rings. The van der Waals surface area contributed by atoms with Gasteiger partial charge in [0.2, 0.25) is 0 Å². The molecule has 0 spiro atoms. The van der Waals surface area contributed by atoms with E-state index in [0.717, 1.165) is 29.9 Å². The van der Waals surface area contributed by atoms with E-state index in [1.165, 1.54) is 0 Å². The average Bonchev–Trinajstić information content (AvgIpc) is 2.60. The Bertz CT molecular complexity index is 884. The minimum Gasteiger partial charge on any atom is -0.307 e. The highest BCUT2D eigenvalue weighted by atomic mass is 16.1. The fraction of sp³-hybridized carbons (Fsp3) is 0.300. The molecule has 4 nitrogen and oxygen atoms in total. The van der Waals surface area contributed by atoms with E-state index in [1.807, 2.05) is 42.5 Å². The Labute approximate surface area is 142 Å². The van der Waals surface area contributed by atoms with Gasteiger partial charge in [-0.25, -0.2) is 0 Å². The van der Waals surface area contributed by atoms with Crippen LogP contribution in [0.5, 0.6) is 0 Å². The summed E-state index contributed by atoms with van der Waals surface area (Å²) in [5.41, 5.74) is 1.80. The largest absolute Gasteiger partial charge is 0.307 e. The zero-order valence-electron chi connectivity index (χ0n) is 14.4. The predicted octanol–water partition coefficient (Wildman–Crippen LogP) is 3.27. The molecular weight excluding hydrogens is 298 g/mol. The predicted molar refractivity (Wildman–Crippen MR) is 98.8 cm³/mol. The highest BCUT2D eigenvalue weighted by Gasteiger charge is 2.13. The monoisotopic (exact) mass is 321 g/mol. The minimum absolute atomic E-state index is 0.148. The Morgan fingerprint density at radius 2 is 1.71 bits per heavy atom. The van der Waals surface area contributed by atoms with Crippen molar-refractivity contribution in [2.45, 2.75) is 25.8 Å². The van der Waals surface area contributed by atoms with Crippen LogP contribution in [0.4, 0.5) is 0 Å². The molecule has 1 aromatic heterocycles. The van der Waals surface area contributed by atoms with Crippen LogP contribution in [-0.4, -0.2) is 34.6 Å². The lowest BCUT2D eigenvalue weighted by atomic mass is 10.1. The molecule has 0 fully saturated rings. The van der Waals surface area contributed by atoms with Crippen LogP contribution in [-0.2, 0) is 6.42 Å². The Hall–Kier alpha value is -2.46. The second-order valence-corrected chi connectivity index (χ2v) is 6.37. The second kappa shape index (κ2) is 6.97. The summed E-state index contributed by atoms with van der Waals surface area (Å²) < 4.78 is 2.11. The van der Waals surface area contributed by atoms with Crippen LogP contribution in [0, 0.1) is 0 Å². The van der Waals surface area contributed by atoms with Gasteiger partial charge in [-0.2, -0.15) is 4.98 Å². The van der Waals surface area contributed by atoms with Crippen molar-refractivity contribution >= 4 is 10.9 Å². The third kappa shape index (κ3) is 3.24. The maximum Gasteiger partial charge on any atom is 0.280 e. The molecule has 0 N–H and O–H groups in total. The Morgan fingerprint density at radius 3 is 2.42 bits per heavy atom. The maximum atomic E-state index is 12.4. The number of para-hydroxylation sites is 2. The van der Waals surface area contributed by atoms with Gasteiger partial charge >= 0.3 is 0 Å². The van der Waals surface area contributed by atoms with Gasteiger partial charge in [0, 0.05) is 18.2 Å². The topological polar surface area (TPSA) is 38.1 Å². The molecule has 1 unspecified atom stereocenters. The second-order valence-electron chi connectivity index (χ2n) is 6.37. The molecule has 0 aliphatic rings. The number of fused-ring (bicyclic) bond motifs is 1. The number of benzene rings is 2. The zero-order valence-corrected chi connectivity index (χ0v) is 14.4. The molecule has 0 aliphatic heterocycles. The molecule has 0 amide bonds. The van der Waals surface area contributed by atoms with Crippen LogP contribution < -0.4 is 5.56 Å². The first kappa shape index (κ1) is 16.4. The fourth-order valence-corrected chi connectivity index (χ4v) is 2.85. The van der Waals surface area contributed by atoms with Gasteiger partial charge in [0.25, 0.3) is 5.56 Å². The molecule has 0 saturated carbocycles. The van der Waals surface area contributed by atoms with Crippen molar-refractivity contribution in [3.63, 3.8) is 0 Å². The Morgan fingerprint density at radius 1 is 1.04 bits per heavy atom. The maximum absolute atomic E-state index is 12.4. The molecule has 2 aromatic carbocycles. The van der Waals surface area contributed by atoms with Crippen LogP contribution in [0.25, 0.3) is 16.6 Å². The van der Waals surface area contributed by atoms with Crippen molar-refractivity contribution in [3.05, 3.63) is 70.8 Å². The number of aryl methyl sites for hydroxylation is 1. The first-order chi connectivity index (χ1) is 11.6. The van der Waals surface area contributed by atoms with Gasteiger partial charge in [0.05, 0.1) is 10.9 Å². The average molecular weight is 321 g/mol. The van der Waals surface area contributed by atoms with Gasteiger partial charge in [0.1, 0.15) is 5.82 Å². The van der Waals surface area contributed by atoms with Gasteiger partial charge in [-0.3, -0.25) is 9.36 Å². The van der Waals surface area contributed by atoms with Crippen molar-refractivity contribution in [2.75, 3.05) is 14.1 Å². The highest BCUT2D eigenvalue weighted by Crippen LogP contribution is 2.19. The van der Waals surface area contributed by atoms with Crippen LogP contribution in [0.1, 0.15) is 19.2 Å². The quantitative estimate of drug-likeness (QED) is 0.724. The normalized spacial score (nSPS) is 12.7. The van der Waals surface area contributed by atoms with E-state index < -0.39 is 0 Å². The summed E-state index contributed by atoms with van der Waals surface area (Å²) in [5, 5.41) is 0.658. The third-order valence-electron chi connectivity index (χ3n) is 4.55. The number of rotatable bonds is 5. The van der Waals surface area contributed by atoms with E-state index in [-0.39, 0.29) is 5.56 Å². The number of hydrogen-bond acceptors (Lipinski definition) is 3. The van der Waals surface area contributed by atoms with Gasteiger partial charge in [-0.15, -0.1) is 0 Å². The van der Waals surface area contributed by atoms with Crippen LogP contribution in [0.15, 0.2) is 59.4 Å². The van der Waals surface area contributed by atoms with Crippen LogP contribution in [0.3, 0.4) is 0 Å². The first-order valence-electron chi connectivity index (χ1n) is 8.30. The van der Waals surface area contributed by atoms with Gasteiger partial charge in [-0.1, -0.05) is 30.3 Å². The summed E-state index contributed by atoms with van der Waals surface area (Å²) >= 11 is 0. The molecule has 124 valence electrons. The summed E-state index contributed by atoms with van der Waals surface area (Å²) in [6.07, 6.45) is 1.71. The third-order valence-corrected chi connectivity index (χ3v) is 4.55. The highest BCUT2D eigenvalue weighted by molar-refractivity contribution is 5.79. The standard InChI is InChI=1S/C20H23N3O/c1-15(22(2)3)13-14-19-21-20(24)17-11-7-8-12-18(17)23(19)16-9-5-4-6-10-16/h4-12,15H,13-14H2,1-3H3. The van der Waals surface area contributed by atoms with Gasteiger partial charge < -0.3 is 4.90 Å². The number of nitrogens with zero attached hydrogens (tertiary/aromatic N) is 3. The van der Waals surface area contributed by atoms with Gasteiger partial charge in [0.15, 0.2) is 0 Å². The van der Waals surface area contributed by atoms with Crippen LogP contribution >= 0.6 is 0 Å². The molecule has 24 heavy (non-hydrogen) atoms. The zero-order chi connectivity index (χ0) is 17.1. The van der Waals surface area contributed by atoms with E-state index in [0.29, 0.717) is 11.4 Å². The lowest BCUT2D eigenvalue weighted by Crippen LogP contribution is -2.26. The molecule has 4 heteroatoms. The fourth-order valence-electron chi connectivity index (χ4n) is 2.85. The first-order valence-corrected chi connectivity index (χ1v) is 8.30. The molecule has 1 heterocycles. The van der Waals surface area contributed by atoms with E-state index >= 15 is 0 Å². The molecule has 0 bridgehead atoms. The lowest BCUT2D eigenvalue weighted by Gasteiger charge is -2.21. The van der Waals surface area contributed by atoms with Gasteiger partial charge in [-0.05, 0) is 51.7 Å². The smallest absolute Gasteiger partial charge is 0.280 e. The summed E-state index contributed by atoms with van der Waals surface area (Å²) in [6, 6.07) is 18.2. The lowest BCUT2D eigenvalue weighted by molar-refractivity contribution is 0.297. The van der Waals surface area contributed by atoms with Crippen molar-refractivity contribution in [2.24, 2.45) is 0 Å². The van der Waals surface area contributed by atoms with E-state index in [9.17, 15) is 4.79 Å².